The number of nitrogen functional groups attached to an aromatic ring is 1. The zero-order chi connectivity index (χ0) is 25.5. The highest BCUT2D eigenvalue weighted by Crippen LogP contribution is 2.22. The molecule has 8 nitrogen and oxygen atoms in total. The van der Waals surface area contributed by atoms with Crippen LogP contribution in [0.3, 0.4) is 0 Å². The van der Waals surface area contributed by atoms with E-state index in [4.69, 9.17) is 17.3 Å². The van der Waals surface area contributed by atoms with E-state index in [9.17, 15) is 19.2 Å². The Kier molecular flexibility index (Phi) is 8.44. The smallest absolute Gasteiger partial charge is 0.253 e. The lowest BCUT2D eigenvalue weighted by atomic mass is 10.0. The summed E-state index contributed by atoms with van der Waals surface area (Å²) < 4.78 is 14.6. The van der Waals surface area contributed by atoms with Gasteiger partial charge in [0.2, 0.25) is 5.91 Å². The Balaban J connectivity index is 1.60. The maximum Gasteiger partial charge on any atom is 0.253 e. The monoisotopic (exact) mass is 496 g/mol. The fourth-order valence-electron chi connectivity index (χ4n) is 3.53. The van der Waals surface area contributed by atoms with E-state index < -0.39 is 17.8 Å². The lowest BCUT2D eigenvalue weighted by molar-refractivity contribution is -0.123. The molecule has 0 aliphatic heterocycles. The highest BCUT2D eigenvalue weighted by atomic mass is 35.5. The summed E-state index contributed by atoms with van der Waals surface area (Å²) in [7, 11) is 0. The number of nitrogens with one attached hydrogen (secondary N) is 2. The van der Waals surface area contributed by atoms with E-state index in [-0.39, 0.29) is 23.2 Å². The van der Waals surface area contributed by atoms with Gasteiger partial charge in [-0.15, -0.1) is 0 Å². The number of benzene rings is 2. The first kappa shape index (κ1) is 25.7. The van der Waals surface area contributed by atoms with Crippen LogP contribution in [0.1, 0.15) is 41.9 Å². The topological polar surface area (TPSA) is 126 Å². The average molecular weight is 497 g/mol. The van der Waals surface area contributed by atoms with Gasteiger partial charge in [-0.3, -0.25) is 9.59 Å². The molecule has 1 aromatic heterocycles. The van der Waals surface area contributed by atoms with Gasteiger partial charge in [0, 0.05) is 6.54 Å². The van der Waals surface area contributed by atoms with Crippen molar-refractivity contribution in [2.45, 2.75) is 32.7 Å². The Morgan fingerprint density at radius 1 is 1.20 bits per heavy atom. The maximum atomic E-state index is 13.2. The molecule has 10 heteroatoms. The van der Waals surface area contributed by atoms with E-state index in [1.54, 1.807) is 24.3 Å². The number of carbonyl (C=O) groups is 2. The number of amides is 2. The predicted molar refractivity (Wildman–Crippen MR) is 132 cm³/mol. The first-order valence-electron chi connectivity index (χ1n) is 11.1. The van der Waals surface area contributed by atoms with E-state index in [1.807, 2.05) is 13.8 Å². The molecule has 4 N–H and O–H groups in total. The van der Waals surface area contributed by atoms with Crippen molar-refractivity contribution in [2.75, 3.05) is 12.3 Å². The minimum atomic E-state index is -0.748. The molecule has 2 amide bonds. The van der Waals surface area contributed by atoms with Crippen molar-refractivity contribution in [3.8, 4) is 11.8 Å². The molecule has 0 aliphatic carbocycles. The number of nitriles is 1. The second kappa shape index (κ2) is 11.5. The summed E-state index contributed by atoms with van der Waals surface area (Å²) in [5.74, 6) is -1.13. The quantitative estimate of drug-likeness (QED) is 0.390. The molecule has 0 aliphatic rings. The van der Waals surface area contributed by atoms with Crippen LogP contribution in [0.4, 0.5) is 10.2 Å². The second-order valence-corrected chi connectivity index (χ2v) is 8.68. The summed E-state index contributed by atoms with van der Waals surface area (Å²) in [6.07, 6.45) is 0.878. The lowest BCUT2D eigenvalue weighted by Gasteiger charge is -2.22. The van der Waals surface area contributed by atoms with Crippen LogP contribution in [-0.4, -0.2) is 34.2 Å². The molecule has 3 aromatic rings. The maximum absolute atomic E-state index is 13.2. The van der Waals surface area contributed by atoms with Gasteiger partial charge < -0.3 is 16.4 Å². The SMILES string of the molecule is CC(C)C(NC(=O)c1ccccc1Cl)C(=O)NCCCc1nn(-c2ccc(F)cc2)c(N)c1C#N. The second-order valence-electron chi connectivity index (χ2n) is 8.28. The molecule has 0 saturated carbocycles. The van der Waals surface area contributed by atoms with Crippen LogP contribution < -0.4 is 16.4 Å². The summed E-state index contributed by atoms with van der Waals surface area (Å²) in [5.41, 5.74) is 7.64. The molecule has 0 bridgehead atoms. The van der Waals surface area contributed by atoms with Gasteiger partial charge in [-0.05, 0) is 55.2 Å². The third kappa shape index (κ3) is 6.16. The number of aryl methyl sites for hydroxylation is 1. The van der Waals surface area contributed by atoms with Crippen molar-refractivity contribution in [1.82, 2.24) is 20.4 Å². The minimum Gasteiger partial charge on any atom is -0.382 e. The van der Waals surface area contributed by atoms with Gasteiger partial charge in [0.25, 0.3) is 5.91 Å². The molecule has 1 unspecified atom stereocenters. The molecule has 0 spiro atoms. The van der Waals surface area contributed by atoms with E-state index in [0.29, 0.717) is 41.4 Å². The molecule has 0 saturated heterocycles. The summed E-state index contributed by atoms with van der Waals surface area (Å²) in [4.78, 5) is 25.4. The molecule has 0 fully saturated rings. The van der Waals surface area contributed by atoms with Gasteiger partial charge in [-0.1, -0.05) is 37.6 Å². The summed E-state index contributed by atoms with van der Waals surface area (Å²) >= 11 is 6.09. The van der Waals surface area contributed by atoms with Crippen molar-refractivity contribution in [2.24, 2.45) is 5.92 Å². The van der Waals surface area contributed by atoms with Crippen LogP contribution in [0.15, 0.2) is 48.5 Å². The normalized spacial score (nSPS) is 11.7. The van der Waals surface area contributed by atoms with E-state index in [0.717, 1.165) is 0 Å². The van der Waals surface area contributed by atoms with Crippen LogP contribution >= 0.6 is 11.6 Å². The first-order valence-corrected chi connectivity index (χ1v) is 11.5. The van der Waals surface area contributed by atoms with E-state index >= 15 is 0 Å². The number of hydrogen-bond donors (Lipinski definition) is 3. The zero-order valence-electron chi connectivity index (χ0n) is 19.4. The zero-order valence-corrected chi connectivity index (χ0v) is 20.1. The van der Waals surface area contributed by atoms with Crippen LogP contribution in [-0.2, 0) is 11.2 Å². The number of hydrogen-bond acceptors (Lipinski definition) is 5. The van der Waals surface area contributed by atoms with Gasteiger partial charge >= 0.3 is 0 Å². The number of aromatic nitrogens is 2. The van der Waals surface area contributed by atoms with Crippen LogP contribution in [0.2, 0.25) is 5.02 Å². The molecule has 2 aromatic carbocycles. The highest BCUT2D eigenvalue weighted by Gasteiger charge is 2.25. The van der Waals surface area contributed by atoms with Gasteiger partial charge in [0.15, 0.2) is 0 Å². The molecule has 1 atom stereocenters. The van der Waals surface area contributed by atoms with Gasteiger partial charge in [0.05, 0.1) is 22.0 Å². The molecular weight excluding hydrogens is 471 g/mol. The standard InChI is InChI=1S/C25H26ClFN6O2/c1-15(2)22(31-24(34)18-6-3-4-7-20(18)26)25(35)30-13-5-8-21-19(14-28)23(29)33(32-21)17-11-9-16(27)10-12-17/h3-4,6-7,9-12,15,22H,5,8,13,29H2,1-2H3,(H,30,35)(H,31,34). The number of carbonyl (C=O) groups excluding carboxylic acids is 2. The first-order chi connectivity index (χ1) is 16.7. The van der Waals surface area contributed by atoms with Gasteiger partial charge in [-0.25, -0.2) is 9.07 Å². The third-order valence-electron chi connectivity index (χ3n) is 5.42. The average Bonchev–Trinajstić information content (AvgIpc) is 3.15. The van der Waals surface area contributed by atoms with E-state index in [2.05, 4.69) is 21.8 Å². The van der Waals surface area contributed by atoms with Crippen LogP contribution in [0.25, 0.3) is 5.69 Å². The summed E-state index contributed by atoms with van der Waals surface area (Å²) in [6, 6.07) is 13.6. The Bertz CT molecular complexity index is 1250. The molecule has 3 rings (SSSR count). The molecule has 35 heavy (non-hydrogen) atoms. The van der Waals surface area contributed by atoms with Gasteiger partial charge in [0.1, 0.15) is 29.3 Å². The van der Waals surface area contributed by atoms with Crippen molar-refractivity contribution in [1.29, 1.82) is 5.26 Å². The molecule has 1 heterocycles. The summed E-state index contributed by atoms with van der Waals surface area (Å²) in [6.45, 7) is 3.97. The molecule has 0 radical (unpaired) electrons. The number of nitrogens with two attached hydrogens (primary N) is 1. The number of halogens is 2. The van der Waals surface area contributed by atoms with Gasteiger partial charge in [-0.2, -0.15) is 10.4 Å². The van der Waals surface area contributed by atoms with Crippen molar-refractivity contribution in [3.05, 3.63) is 76.2 Å². The van der Waals surface area contributed by atoms with Crippen molar-refractivity contribution >= 4 is 29.2 Å². The number of anilines is 1. The predicted octanol–water partition coefficient (Wildman–Crippen LogP) is 3.62. The Hall–Kier alpha value is -3.90. The number of rotatable bonds is 9. The van der Waals surface area contributed by atoms with Crippen molar-refractivity contribution < 1.29 is 14.0 Å². The highest BCUT2D eigenvalue weighted by molar-refractivity contribution is 6.33. The Labute approximate surface area is 207 Å². The Morgan fingerprint density at radius 2 is 1.89 bits per heavy atom. The molecular formula is C25H26ClFN6O2. The third-order valence-corrected chi connectivity index (χ3v) is 5.75. The minimum absolute atomic E-state index is 0.155. The largest absolute Gasteiger partial charge is 0.382 e. The number of nitrogens with zero attached hydrogens (tertiary/aromatic N) is 3. The fraction of sp³-hybridized carbons (Fsp3) is 0.280. The molecule has 182 valence electrons. The Morgan fingerprint density at radius 3 is 2.51 bits per heavy atom. The van der Waals surface area contributed by atoms with Crippen LogP contribution in [0.5, 0.6) is 0 Å². The van der Waals surface area contributed by atoms with E-state index in [1.165, 1.54) is 28.9 Å². The van der Waals surface area contributed by atoms with Crippen molar-refractivity contribution in [3.63, 3.8) is 0 Å². The fourth-order valence-corrected chi connectivity index (χ4v) is 3.75. The van der Waals surface area contributed by atoms with Crippen LogP contribution in [0, 0.1) is 23.1 Å². The summed E-state index contributed by atoms with van der Waals surface area (Å²) in [5, 5.41) is 19.8. The lowest BCUT2D eigenvalue weighted by Crippen LogP contribution is -2.50.